The monoisotopic (exact) mass is 608 g/mol. The van der Waals surface area contributed by atoms with Crippen molar-refractivity contribution >= 4 is 36.6 Å². The summed E-state index contributed by atoms with van der Waals surface area (Å²) in [6.45, 7) is 1.74. The Morgan fingerprint density at radius 3 is 2.76 bits per heavy atom. The van der Waals surface area contributed by atoms with Gasteiger partial charge in [0.1, 0.15) is 23.6 Å². The third-order valence-corrected chi connectivity index (χ3v) is 8.87. The minimum atomic E-state index is -4.57. The van der Waals surface area contributed by atoms with Gasteiger partial charge < -0.3 is 24.2 Å². The van der Waals surface area contributed by atoms with E-state index in [1.807, 2.05) is 25.1 Å². The number of H-pyrrole nitrogens is 1. The Morgan fingerprint density at radius 1 is 1.29 bits per heavy atom. The highest BCUT2D eigenvalue weighted by Gasteiger charge is 2.53. The Morgan fingerprint density at radius 2 is 2.02 bits per heavy atom. The fraction of sp³-hybridized carbons (Fsp3) is 0.464. The van der Waals surface area contributed by atoms with Crippen molar-refractivity contribution in [2.45, 2.75) is 57.6 Å². The van der Waals surface area contributed by atoms with Gasteiger partial charge in [0.2, 0.25) is 0 Å². The molecule has 0 saturated carbocycles. The number of hydrogen-bond acceptors (Lipinski definition) is 10. The highest BCUT2D eigenvalue weighted by atomic mass is 32.1. The first-order valence-corrected chi connectivity index (χ1v) is 15.3. The van der Waals surface area contributed by atoms with Gasteiger partial charge in [-0.3, -0.25) is 23.7 Å². The fourth-order valence-electron chi connectivity index (χ4n) is 4.37. The summed E-state index contributed by atoms with van der Waals surface area (Å²) in [5.74, 6) is -1.55. The molecule has 1 saturated heterocycles. The van der Waals surface area contributed by atoms with Crippen molar-refractivity contribution in [3.8, 4) is 5.75 Å². The van der Waals surface area contributed by atoms with Crippen LogP contribution in [0.3, 0.4) is 0 Å². The van der Waals surface area contributed by atoms with Crippen LogP contribution in [0, 0.1) is 10.7 Å². The summed E-state index contributed by atoms with van der Waals surface area (Å²) in [7, 11) is -4.57. The molecule has 0 spiro atoms. The third kappa shape index (κ3) is 7.14. The van der Waals surface area contributed by atoms with E-state index >= 15 is 0 Å². The number of nitrogens with zero attached hydrogens (tertiary/aromatic N) is 1. The average molecular weight is 609 g/mol. The predicted molar refractivity (Wildman–Crippen MR) is 154 cm³/mol. The molecule has 6 atom stereocenters. The first kappa shape index (κ1) is 28.3. The van der Waals surface area contributed by atoms with Gasteiger partial charge in [0.15, 0.2) is 11.0 Å². The van der Waals surface area contributed by atoms with E-state index in [9.17, 15) is 24.4 Å². The number of benzene rings is 2. The maximum atomic E-state index is 14.4. The van der Waals surface area contributed by atoms with Crippen LogP contribution in [0.2, 0.25) is 0 Å². The molecular formula is C28H35N2O9PS. The summed E-state index contributed by atoms with van der Waals surface area (Å²) in [6, 6.07) is 13.2. The standard InChI is InChI=1S/C28H35N2O9PS/c1-4-5-15-36-25(33)18(2)17-40(35,39-21-12-8-10-19-9-6-7-11-20(19)21)37-16-22-24(32)28(3,34)26(38-22)30-14-13-23(31)29-27(30)41/h6-14,18,22,24,26,32,34H,4-5,15-17H2,1-3H3,(H,29,31,41)/t18-,22-,24+,26-,28?,40-/m1/s1/i16D2. The average Bonchev–Trinajstić information content (AvgIpc) is 3.17. The molecule has 0 amide bonds. The number of carbonyl (C=O) groups excluding carboxylic acids is 1. The number of rotatable bonds is 12. The summed E-state index contributed by atoms with van der Waals surface area (Å²) < 4.78 is 55.4. The lowest BCUT2D eigenvalue weighted by atomic mass is 9.96. The molecule has 41 heavy (non-hydrogen) atoms. The Bertz CT molecular complexity index is 1620. The van der Waals surface area contributed by atoms with Crippen molar-refractivity contribution in [1.82, 2.24) is 9.55 Å². The van der Waals surface area contributed by atoms with Gasteiger partial charge in [0.05, 0.1) is 28.0 Å². The molecule has 222 valence electrons. The molecular weight excluding hydrogens is 571 g/mol. The normalized spacial score (nSPS) is 25.6. The second-order valence-corrected chi connectivity index (χ2v) is 12.4. The summed E-state index contributed by atoms with van der Waals surface area (Å²) >= 11 is 5.16. The first-order valence-electron chi connectivity index (χ1n) is 14.2. The summed E-state index contributed by atoms with van der Waals surface area (Å²) in [6.07, 6.45) is -3.17. The van der Waals surface area contributed by atoms with Crippen molar-refractivity contribution in [3.63, 3.8) is 0 Å². The number of ether oxygens (including phenoxy) is 2. The fourth-order valence-corrected chi connectivity index (χ4v) is 6.36. The van der Waals surface area contributed by atoms with Gasteiger partial charge in [-0.25, -0.2) is 4.57 Å². The van der Waals surface area contributed by atoms with Gasteiger partial charge in [0, 0.05) is 17.6 Å². The highest BCUT2D eigenvalue weighted by Crippen LogP contribution is 2.52. The summed E-state index contributed by atoms with van der Waals surface area (Å²) in [4.78, 5) is 26.7. The molecule has 4 rings (SSSR count). The van der Waals surface area contributed by atoms with Gasteiger partial charge in [-0.1, -0.05) is 56.7 Å². The number of carbonyl (C=O) groups is 1. The van der Waals surface area contributed by atoms with Crippen LogP contribution < -0.4 is 10.1 Å². The van der Waals surface area contributed by atoms with E-state index < -0.39 is 61.8 Å². The zero-order chi connectivity index (χ0) is 31.6. The maximum absolute atomic E-state index is 14.4. The Hall–Kier alpha value is -2.86. The molecule has 1 aliphatic heterocycles. The second-order valence-electron chi connectivity index (χ2n) is 10.1. The summed E-state index contributed by atoms with van der Waals surface area (Å²) in [5, 5.41) is 23.5. The minimum absolute atomic E-state index is 0.126. The van der Waals surface area contributed by atoms with E-state index in [4.69, 9.17) is 33.5 Å². The number of fused-ring (bicyclic) bond motifs is 1. The minimum Gasteiger partial charge on any atom is -0.465 e. The van der Waals surface area contributed by atoms with E-state index in [2.05, 4.69) is 4.98 Å². The van der Waals surface area contributed by atoms with Crippen LogP contribution >= 0.6 is 19.8 Å². The lowest BCUT2D eigenvalue weighted by Crippen LogP contribution is -2.44. The Balaban J connectivity index is 1.67. The number of aliphatic hydroxyl groups excluding tert-OH is 1. The zero-order valence-corrected chi connectivity index (χ0v) is 24.6. The highest BCUT2D eigenvalue weighted by molar-refractivity contribution is 7.71. The molecule has 0 radical (unpaired) electrons. The van der Waals surface area contributed by atoms with Crippen LogP contribution in [0.15, 0.2) is 59.5 Å². The van der Waals surface area contributed by atoms with Crippen LogP contribution in [0.4, 0.5) is 0 Å². The zero-order valence-electron chi connectivity index (χ0n) is 24.9. The number of aromatic amines is 1. The summed E-state index contributed by atoms with van der Waals surface area (Å²) in [5.41, 5.74) is -2.64. The van der Waals surface area contributed by atoms with E-state index in [0.29, 0.717) is 11.8 Å². The van der Waals surface area contributed by atoms with Crippen molar-refractivity contribution in [3.05, 3.63) is 69.9 Å². The molecule has 13 heteroatoms. The molecule has 1 aromatic heterocycles. The van der Waals surface area contributed by atoms with Crippen LogP contribution in [-0.4, -0.2) is 62.9 Å². The number of hydrogen-bond donors (Lipinski definition) is 3. The van der Waals surface area contributed by atoms with E-state index in [1.165, 1.54) is 26.1 Å². The molecule has 3 N–H and O–H groups in total. The largest absolute Gasteiger partial charge is 0.465 e. The van der Waals surface area contributed by atoms with Gasteiger partial charge in [-0.05, 0) is 37.0 Å². The molecule has 1 aliphatic rings. The second kappa shape index (κ2) is 13.0. The number of unbranched alkanes of at least 4 members (excludes halogenated alkanes) is 1. The molecule has 1 fully saturated rings. The molecule has 2 aromatic carbocycles. The van der Waals surface area contributed by atoms with Crippen LogP contribution in [-0.2, 0) is 23.4 Å². The maximum Gasteiger partial charge on any atom is 0.380 e. The predicted octanol–water partition coefficient (Wildman–Crippen LogP) is 4.34. The lowest BCUT2D eigenvalue weighted by Gasteiger charge is -2.28. The van der Waals surface area contributed by atoms with Crippen molar-refractivity contribution in [2.24, 2.45) is 5.92 Å². The third-order valence-electron chi connectivity index (χ3n) is 6.70. The van der Waals surface area contributed by atoms with Gasteiger partial charge in [0.25, 0.3) is 5.56 Å². The van der Waals surface area contributed by atoms with Gasteiger partial charge in [-0.2, -0.15) is 0 Å². The van der Waals surface area contributed by atoms with Crippen molar-refractivity contribution < 1.29 is 40.8 Å². The molecule has 0 bridgehead atoms. The van der Waals surface area contributed by atoms with E-state index in [0.717, 1.165) is 22.4 Å². The Kier molecular flexibility index (Phi) is 8.95. The van der Waals surface area contributed by atoms with Gasteiger partial charge in [-0.15, -0.1) is 0 Å². The van der Waals surface area contributed by atoms with Crippen LogP contribution in [0.5, 0.6) is 5.75 Å². The van der Waals surface area contributed by atoms with Crippen molar-refractivity contribution in [1.29, 1.82) is 0 Å². The van der Waals surface area contributed by atoms with Crippen LogP contribution in [0.1, 0.15) is 42.6 Å². The first-order chi connectivity index (χ1) is 20.2. The molecule has 0 aliphatic carbocycles. The number of esters is 1. The lowest BCUT2D eigenvalue weighted by molar-refractivity contribution is -0.147. The molecule has 11 nitrogen and oxygen atoms in total. The topological polar surface area (TPSA) is 149 Å². The van der Waals surface area contributed by atoms with E-state index in [1.54, 1.807) is 18.2 Å². The Labute approximate surface area is 245 Å². The van der Waals surface area contributed by atoms with E-state index in [-0.39, 0.29) is 17.1 Å². The quantitative estimate of drug-likeness (QED) is 0.117. The van der Waals surface area contributed by atoms with Crippen molar-refractivity contribution in [2.75, 3.05) is 19.3 Å². The molecule has 3 aromatic rings. The van der Waals surface area contributed by atoms with Gasteiger partial charge >= 0.3 is 13.6 Å². The number of aromatic nitrogens is 2. The number of nitrogens with one attached hydrogen (secondary N) is 1. The molecule has 1 unspecified atom stereocenters. The smallest absolute Gasteiger partial charge is 0.380 e. The SMILES string of the molecule is [2H]C([2H])(O[P@](=O)(C[C@@H](C)C(=O)OCCCC)Oc1cccc2ccccc12)[C@H]1O[C@@H](n2ccc(=O)[nH]c2=S)C(C)(O)[C@H]1O. The number of aliphatic hydroxyl groups is 2. The molecule has 2 heterocycles. The van der Waals surface area contributed by atoms with Crippen LogP contribution in [0.25, 0.3) is 10.8 Å².